The maximum absolute atomic E-state index is 5.51. The van der Waals surface area contributed by atoms with Crippen molar-refractivity contribution < 1.29 is 9.47 Å². The van der Waals surface area contributed by atoms with E-state index in [4.69, 9.17) is 21.7 Å². The topological polar surface area (TPSA) is 33.7 Å². The van der Waals surface area contributed by atoms with Gasteiger partial charge in [0.15, 0.2) is 16.6 Å². The van der Waals surface area contributed by atoms with Crippen molar-refractivity contribution >= 4 is 23.0 Å². The zero-order valence-electron chi connectivity index (χ0n) is 15.3. The normalized spacial score (nSPS) is 10.2. The van der Waals surface area contributed by atoms with E-state index in [0.717, 1.165) is 36.6 Å². The average molecular weight is 359 g/mol. The molecule has 0 aliphatic carbocycles. The van der Waals surface area contributed by atoms with Crippen LogP contribution in [0.25, 0.3) is 0 Å². The molecular weight excluding hydrogens is 332 g/mol. The molecule has 0 aromatic heterocycles. The van der Waals surface area contributed by atoms with Gasteiger partial charge in [0.1, 0.15) is 0 Å². The Morgan fingerprint density at radius 2 is 1.80 bits per heavy atom. The van der Waals surface area contributed by atoms with Crippen molar-refractivity contribution in [2.45, 2.75) is 19.8 Å². The number of thiocarbonyl (C=S) groups is 1. The van der Waals surface area contributed by atoms with Gasteiger partial charge in [-0.05, 0) is 60.5 Å². The number of benzene rings is 2. The zero-order chi connectivity index (χ0) is 18.2. The lowest BCUT2D eigenvalue weighted by Crippen LogP contribution is -2.32. The van der Waals surface area contributed by atoms with Crippen molar-refractivity contribution in [1.29, 1.82) is 0 Å². The van der Waals surface area contributed by atoms with Gasteiger partial charge in [-0.15, -0.1) is 0 Å². The van der Waals surface area contributed by atoms with Crippen molar-refractivity contribution in [3.8, 4) is 11.5 Å². The molecule has 134 valence electrons. The lowest BCUT2D eigenvalue weighted by Gasteiger charge is -2.21. The van der Waals surface area contributed by atoms with E-state index in [1.165, 1.54) is 11.1 Å². The maximum atomic E-state index is 5.51. The Bertz CT molecular complexity index is 719. The fourth-order valence-corrected chi connectivity index (χ4v) is 2.73. The summed E-state index contributed by atoms with van der Waals surface area (Å²) in [5.74, 6) is 1.49. The number of hydrogen-bond acceptors (Lipinski definition) is 3. The van der Waals surface area contributed by atoms with E-state index >= 15 is 0 Å². The number of rotatable bonds is 7. The lowest BCUT2D eigenvalue weighted by molar-refractivity contribution is 0.354. The molecule has 2 aromatic carbocycles. The molecule has 0 aliphatic heterocycles. The molecule has 25 heavy (non-hydrogen) atoms. The number of anilines is 1. The van der Waals surface area contributed by atoms with E-state index < -0.39 is 0 Å². The van der Waals surface area contributed by atoms with Gasteiger partial charge in [-0.2, -0.15) is 0 Å². The highest BCUT2D eigenvalue weighted by Crippen LogP contribution is 2.27. The molecule has 0 radical (unpaired) electrons. The van der Waals surface area contributed by atoms with Crippen LogP contribution in [0.5, 0.6) is 11.5 Å². The summed E-state index contributed by atoms with van der Waals surface area (Å²) in [4.78, 5) is 2.05. The Morgan fingerprint density at radius 1 is 1.04 bits per heavy atom. The summed E-state index contributed by atoms with van der Waals surface area (Å²) in [6.07, 6.45) is 1.88. The van der Waals surface area contributed by atoms with Crippen molar-refractivity contribution in [3.63, 3.8) is 0 Å². The molecule has 0 spiro atoms. The number of ether oxygens (including phenoxy) is 2. The van der Waals surface area contributed by atoms with Crippen molar-refractivity contribution in [1.82, 2.24) is 4.90 Å². The molecule has 0 aliphatic rings. The SMILES string of the molecule is CCc1cccc(NC(=S)N(C)CCc2ccc(OC)c(OC)c2)c1. The molecule has 0 amide bonds. The first-order chi connectivity index (χ1) is 12.1. The highest BCUT2D eigenvalue weighted by atomic mass is 32.1. The van der Waals surface area contributed by atoms with E-state index in [2.05, 4.69) is 30.4 Å². The van der Waals surface area contributed by atoms with E-state index in [9.17, 15) is 0 Å². The number of hydrogen-bond donors (Lipinski definition) is 1. The summed E-state index contributed by atoms with van der Waals surface area (Å²) in [5.41, 5.74) is 3.50. The van der Waals surface area contributed by atoms with Gasteiger partial charge in [0, 0.05) is 19.3 Å². The summed E-state index contributed by atoms with van der Waals surface area (Å²) in [7, 11) is 5.29. The van der Waals surface area contributed by atoms with Crippen LogP contribution in [0.15, 0.2) is 42.5 Å². The van der Waals surface area contributed by atoms with Gasteiger partial charge in [-0.1, -0.05) is 25.1 Å². The third kappa shape index (κ3) is 5.36. The van der Waals surface area contributed by atoms with Crippen LogP contribution in [0.1, 0.15) is 18.1 Å². The molecule has 0 saturated heterocycles. The van der Waals surface area contributed by atoms with Crippen LogP contribution in [-0.4, -0.2) is 37.8 Å². The van der Waals surface area contributed by atoms with Gasteiger partial charge in [-0.25, -0.2) is 0 Å². The number of likely N-dealkylation sites (N-methyl/N-ethyl adjacent to an activating group) is 1. The third-order valence-corrected chi connectivity index (χ3v) is 4.53. The number of nitrogens with zero attached hydrogens (tertiary/aromatic N) is 1. The Labute approximate surface area is 155 Å². The molecule has 0 bridgehead atoms. The van der Waals surface area contributed by atoms with Gasteiger partial charge in [0.2, 0.25) is 0 Å². The largest absolute Gasteiger partial charge is 0.493 e. The monoisotopic (exact) mass is 358 g/mol. The summed E-state index contributed by atoms with van der Waals surface area (Å²) in [6.45, 7) is 2.96. The molecule has 2 rings (SSSR count). The van der Waals surface area contributed by atoms with Crippen LogP contribution in [-0.2, 0) is 12.8 Å². The van der Waals surface area contributed by atoms with Crippen LogP contribution in [0.4, 0.5) is 5.69 Å². The minimum absolute atomic E-state index is 0.716. The standard InChI is InChI=1S/C20H26N2O2S/c1-5-15-7-6-8-17(13-15)21-20(25)22(2)12-11-16-9-10-18(23-3)19(14-16)24-4/h6-10,13-14H,5,11-12H2,1-4H3,(H,21,25). The molecule has 5 heteroatoms. The fraction of sp³-hybridized carbons (Fsp3) is 0.350. The van der Waals surface area contributed by atoms with Crippen LogP contribution in [0, 0.1) is 0 Å². The molecule has 2 aromatic rings. The highest BCUT2D eigenvalue weighted by Gasteiger charge is 2.08. The van der Waals surface area contributed by atoms with E-state index in [0.29, 0.717) is 5.11 Å². The minimum Gasteiger partial charge on any atom is -0.493 e. The Kier molecular flexibility index (Phi) is 7.07. The summed E-state index contributed by atoms with van der Waals surface area (Å²) >= 11 is 5.51. The smallest absolute Gasteiger partial charge is 0.173 e. The number of methoxy groups -OCH3 is 2. The van der Waals surface area contributed by atoms with E-state index in [1.807, 2.05) is 36.2 Å². The molecular formula is C20H26N2O2S. The average Bonchev–Trinajstić information content (AvgIpc) is 2.65. The molecule has 0 fully saturated rings. The number of aryl methyl sites for hydroxylation is 1. The van der Waals surface area contributed by atoms with E-state index in [-0.39, 0.29) is 0 Å². The Morgan fingerprint density at radius 3 is 2.48 bits per heavy atom. The number of nitrogens with one attached hydrogen (secondary N) is 1. The van der Waals surface area contributed by atoms with Crippen LogP contribution in [0.2, 0.25) is 0 Å². The second-order valence-electron chi connectivity index (χ2n) is 5.84. The summed E-state index contributed by atoms with van der Waals surface area (Å²) in [6, 6.07) is 14.3. The first-order valence-corrected chi connectivity index (χ1v) is 8.80. The molecule has 1 N–H and O–H groups in total. The first kappa shape index (κ1) is 19.1. The molecule has 0 saturated carbocycles. The summed E-state index contributed by atoms with van der Waals surface area (Å²) < 4.78 is 10.6. The van der Waals surface area contributed by atoms with Gasteiger partial charge >= 0.3 is 0 Å². The third-order valence-electron chi connectivity index (χ3n) is 4.12. The fourth-order valence-electron chi connectivity index (χ4n) is 2.52. The second kappa shape index (κ2) is 9.28. The van der Waals surface area contributed by atoms with Crippen LogP contribution < -0.4 is 14.8 Å². The maximum Gasteiger partial charge on any atom is 0.173 e. The van der Waals surface area contributed by atoms with Crippen LogP contribution >= 0.6 is 12.2 Å². The molecule has 4 nitrogen and oxygen atoms in total. The van der Waals surface area contributed by atoms with Crippen molar-refractivity contribution in [3.05, 3.63) is 53.6 Å². The molecule has 0 unspecified atom stereocenters. The first-order valence-electron chi connectivity index (χ1n) is 8.39. The Hall–Kier alpha value is -2.27. The predicted molar refractivity (Wildman–Crippen MR) is 108 cm³/mol. The molecule has 0 heterocycles. The predicted octanol–water partition coefficient (Wildman–Crippen LogP) is 4.14. The second-order valence-corrected chi connectivity index (χ2v) is 6.23. The van der Waals surface area contributed by atoms with Crippen LogP contribution in [0.3, 0.4) is 0 Å². The molecule has 0 atom stereocenters. The van der Waals surface area contributed by atoms with Crippen molar-refractivity contribution in [2.75, 3.05) is 33.1 Å². The highest BCUT2D eigenvalue weighted by molar-refractivity contribution is 7.80. The van der Waals surface area contributed by atoms with Crippen molar-refractivity contribution in [2.24, 2.45) is 0 Å². The Balaban J connectivity index is 1.92. The van der Waals surface area contributed by atoms with Gasteiger partial charge in [-0.3, -0.25) is 0 Å². The zero-order valence-corrected chi connectivity index (χ0v) is 16.2. The quantitative estimate of drug-likeness (QED) is 0.753. The summed E-state index contributed by atoms with van der Waals surface area (Å²) in [5, 5.41) is 4.02. The van der Waals surface area contributed by atoms with E-state index in [1.54, 1.807) is 14.2 Å². The van der Waals surface area contributed by atoms with Gasteiger partial charge in [0.05, 0.1) is 14.2 Å². The minimum atomic E-state index is 0.716. The van der Waals surface area contributed by atoms with Gasteiger partial charge < -0.3 is 19.7 Å². The lowest BCUT2D eigenvalue weighted by atomic mass is 10.1. The van der Waals surface area contributed by atoms with Gasteiger partial charge in [0.25, 0.3) is 0 Å².